The average molecular weight is 610 g/mol. The molecule has 2 saturated heterocycles. The highest BCUT2D eigenvalue weighted by atomic mass is 16.6. The van der Waals surface area contributed by atoms with Crippen LogP contribution < -0.4 is 21.3 Å². The highest BCUT2D eigenvalue weighted by Crippen LogP contribution is 2.52. The van der Waals surface area contributed by atoms with Crippen molar-refractivity contribution in [2.24, 2.45) is 5.92 Å². The monoisotopic (exact) mass is 609 g/mol. The third-order valence-corrected chi connectivity index (χ3v) is 9.87. The van der Waals surface area contributed by atoms with Crippen molar-refractivity contribution in [1.82, 2.24) is 20.9 Å². The molecule has 0 aromatic heterocycles. The summed E-state index contributed by atoms with van der Waals surface area (Å²) < 4.78 is 10.8. The van der Waals surface area contributed by atoms with E-state index in [0.717, 1.165) is 42.5 Å². The maximum absolute atomic E-state index is 14.2. The number of nitrogens with zero attached hydrogens (tertiary/aromatic N) is 1. The molecular weight excluding hydrogens is 566 g/mol. The summed E-state index contributed by atoms with van der Waals surface area (Å²) in [7, 11) is 0. The number of hydrogen-bond donors (Lipinski definition) is 4. The first-order valence-corrected chi connectivity index (χ1v) is 15.9. The minimum absolute atomic E-state index is 0.0871. The number of carbonyl (C=O) groups excluding carboxylic acids is 5. The lowest BCUT2D eigenvalue weighted by molar-refractivity contribution is -0.135. The molecule has 5 aliphatic rings. The second kappa shape index (κ2) is 12.2. The summed E-state index contributed by atoms with van der Waals surface area (Å²) in [4.78, 5) is 67.8. The largest absolute Gasteiger partial charge is 0.379 e. The van der Waals surface area contributed by atoms with Crippen LogP contribution in [0.25, 0.3) is 0 Å². The van der Waals surface area contributed by atoms with E-state index in [9.17, 15) is 24.0 Å². The maximum Gasteiger partial charge on any atom is 0.247 e. The fourth-order valence-corrected chi connectivity index (χ4v) is 6.94. The third-order valence-electron chi connectivity index (χ3n) is 9.87. The number of morpholine rings is 1. The molecule has 4 amide bonds. The van der Waals surface area contributed by atoms with E-state index in [-0.39, 0.29) is 36.5 Å². The predicted octanol–water partition coefficient (Wildman–Crippen LogP) is 0.784. The Bertz CT molecular complexity index is 1330. The third kappa shape index (κ3) is 6.52. The van der Waals surface area contributed by atoms with E-state index >= 15 is 0 Å². The SMILES string of the molecule is C[C@H](NC(=O)CN1CCOCC1)C(=O)NC1(C(=O)N[C@@H](CC2CCCC2)C(=O)[C@@]2(C)CO2)CC1c1ccc2c(c1)CC(=O)N2. The second-order valence-corrected chi connectivity index (χ2v) is 13.3. The van der Waals surface area contributed by atoms with Gasteiger partial charge in [0.1, 0.15) is 17.2 Å². The van der Waals surface area contributed by atoms with Gasteiger partial charge in [-0.2, -0.15) is 0 Å². The van der Waals surface area contributed by atoms with Crippen molar-refractivity contribution in [3.63, 3.8) is 0 Å². The molecule has 4 N–H and O–H groups in total. The quantitative estimate of drug-likeness (QED) is 0.253. The second-order valence-electron chi connectivity index (χ2n) is 13.3. The summed E-state index contributed by atoms with van der Waals surface area (Å²) in [5, 5.41) is 11.6. The van der Waals surface area contributed by atoms with Crippen LogP contribution in [0.1, 0.15) is 69.4 Å². The van der Waals surface area contributed by atoms with Crippen molar-refractivity contribution in [2.75, 3.05) is 44.8 Å². The topological polar surface area (TPSA) is 158 Å². The zero-order valence-electron chi connectivity index (χ0n) is 25.5. The van der Waals surface area contributed by atoms with Crippen molar-refractivity contribution in [3.05, 3.63) is 29.3 Å². The molecule has 0 bridgehead atoms. The van der Waals surface area contributed by atoms with E-state index in [0.29, 0.717) is 51.7 Å². The van der Waals surface area contributed by atoms with E-state index in [2.05, 4.69) is 21.3 Å². The Kier molecular flexibility index (Phi) is 8.51. The maximum atomic E-state index is 14.2. The van der Waals surface area contributed by atoms with Gasteiger partial charge in [-0.05, 0) is 49.8 Å². The molecule has 12 nitrogen and oxygen atoms in total. The number of amides is 4. The summed E-state index contributed by atoms with van der Waals surface area (Å²) in [6, 6.07) is 3.99. The standard InChI is InChI=1S/C32H43N5O7/c1-19(33-27(39)17-37-9-11-43-12-10-37)29(41)36-32(16-23(32)21-7-8-24-22(14-21)15-26(38)34-24)30(42)35-25(13-20-5-3-4-6-20)28(40)31(2)18-44-31/h7-8,14,19-20,23,25H,3-6,9-13,15-18H2,1-2H3,(H,33,39)(H,34,38)(H,35,42)(H,36,41)/t19-,23?,25-,31+,32?/m0/s1. The summed E-state index contributed by atoms with van der Waals surface area (Å²) in [5.41, 5.74) is 0.224. The van der Waals surface area contributed by atoms with E-state index in [1.807, 2.05) is 23.1 Å². The van der Waals surface area contributed by atoms with Crippen LogP contribution in [0.15, 0.2) is 18.2 Å². The Balaban J connectivity index is 1.19. The highest BCUT2D eigenvalue weighted by molar-refractivity contribution is 6.02. The average Bonchev–Trinajstić information content (AvgIpc) is 3.79. The number of ketones is 1. The first-order chi connectivity index (χ1) is 21.1. The van der Waals surface area contributed by atoms with Crippen molar-refractivity contribution in [2.45, 2.75) is 87.9 Å². The van der Waals surface area contributed by atoms with Crippen molar-refractivity contribution >= 4 is 35.1 Å². The highest BCUT2D eigenvalue weighted by Gasteiger charge is 2.63. The van der Waals surface area contributed by atoms with E-state index in [1.165, 1.54) is 0 Å². The number of rotatable bonds is 12. The van der Waals surface area contributed by atoms with Crippen molar-refractivity contribution < 1.29 is 33.4 Å². The van der Waals surface area contributed by atoms with Crippen LogP contribution >= 0.6 is 0 Å². The number of hydrogen-bond acceptors (Lipinski definition) is 8. The lowest BCUT2D eigenvalue weighted by Crippen LogP contribution is -2.59. The van der Waals surface area contributed by atoms with Crippen LogP contribution in [-0.2, 0) is 39.9 Å². The molecule has 3 heterocycles. The molecular formula is C32H43N5O7. The minimum atomic E-state index is -1.30. The fourth-order valence-electron chi connectivity index (χ4n) is 6.94. The molecule has 1 aromatic rings. The number of carbonyl (C=O) groups is 5. The lowest BCUT2D eigenvalue weighted by atomic mass is 9.90. The van der Waals surface area contributed by atoms with E-state index in [4.69, 9.17) is 9.47 Å². The summed E-state index contributed by atoms with van der Waals surface area (Å²) in [5.74, 6) is -1.42. The Morgan fingerprint density at radius 2 is 1.84 bits per heavy atom. The van der Waals surface area contributed by atoms with Gasteiger partial charge in [0.15, 0.2) is 5.78 Å². The summed E-state index contributed by atoms with van der Waals surface area (Å²) in [6.07, 6.45) is 5.39. The molecule has 2 saturated carbocycles. The molecule has 5 atom stereocenters. The number of epoxide rings is 1. The molecule has 12 heteroatoms. The Hall–Kier alpha value is -3.35. The van der Waals surface area contributed by atoms with Gasteiger partial charge in [0.05, 0.1) is 38.8 Å². The normalized spacial score (nSPS) is 29.2. The summed E-state index contributed by atoms with van der Waals surface area (Å²) >= 11 is 0. The molecule has 2 aliphatic carbocycles. The molecule has 0 spiro atoms. The number of anilines is 1. The smallest absolute Gasteiger partial charge is 0.247 e. The van der Waals surface area contributed by atoms with Gasteiger partial charge in [0.2, 0.25) is 23.6 Å². The molecule has 1 aromatic carbocycles. The predicted molar refractivity (Wildman–Crippen MR) is 160 cm³/mol. The summed E-state index contributed by atoms with van der Waals surface area (Å²) in [6.45, 7) is 6.24. The van der Waals surface area contributed by atoms with Crippen LogP contribution in [0.5, 0.6) is 0 Å². The molecule has 2 unspecified atom stereocenters. The van der Waals surface area contributed by atoms with Crippen molar-refractivity contribution in [1.29, 1.82) is 0 Å². The first kappa shape index (κ1) is 30.7. The van der Waals surface area contributed by atoms with Crippen LogP contribution in [0.3, 0.4) is 0 Å². The van der Waals surface area contributed by atoms with Crippen LogP contribution in [0.4, 0.5) is 5.69 Å². The zero-order chi connectivity index (χ0) is 31.1. The Morgan fingerprint density at radius 1 is 1.11 bits per heavy atom. The van der Waals surface area contributed by atoms with Crippen LogP contribution in [-0.4, -0.2) is 97.0 Å². The Morgan fingerprint density at radius 3 is 2.55 bits per heavy atom. The number of ether oxygens (including phenoxy) is 2. The van der Waals surface area contributed by atoms with Gasteiger partial charge >= 0.3 is 0 Å². The van der Waals surface area contributed by atoms with E-state index in [1.54, 1.807) is 13.8 Å². The van der Waals surface area contributed by atoms with Gasteiger partial charge in [0, 0.05) is 24.7 Å². The molecule has 6 rings (SSSR count). The van der Waals surface area contributed by atoms with Gasteiger partial charge in [-0.15, -0.1) is 0 Å². The Labute approximate surface area is 257 Å². The fraction of sp³-hybridized carbons (Fsp3) is 0.656. The lowest BCUT2D eigenvalue weighted by Gasteiger charge is -2.28. The minimum Gasteiger partial charge on any atom is -0.379 e. The van der Waals surface area contributed by atoms with Crippen LogP contribution in [0, 0.1) is 5.92 Å². The number of nitrogens with one attached hydrogen (secondary N) is 4. The van der Waals surface area contributed by atoms with Gasteiger partial charge < -0.3 is 30.7 Å². The van der Waals surface area contributed by atoms with E-state index < -0.39 is 35.0 Å². The van der Waals surface area contributed by atoms with Crippen molar-refractivity contribution in [3.8, 4) is 0 Å². The number of benzene rings is 1. The van der Waals surface area contributed by atoms with Gasteiger partial charge in [-0.1, -0.05) is 37.8 Å². The molecule has 3 aliphatic heterocycles. The first-order valence-electron chi connectivity index (χ1n) is 15.9. The van der Waals surface area contributed by atoms with Gasteiger partial charge in [-0.3, -0.25) is 28.9 Å². The van der Waals surface area contributed by atoms with Gasteiger partial charge in [0.25, 0.3) is 0 Å². The van der Waals surface area contributed by atoms with Gasteiger partial charge in [-0.25, -0.2) is 0 Å². The number of Topliss-reactive ketones (excluding diaryl/α,β-unsaturated/α-hetero) is 1. The zero-order valence-corrected chi connectivity index (χ0v) is 25.5. The molecule has 4 fully saturated rings. The molecule has 44 heavy (non-hydrogen) atoms. The van der Waals surface area contributed by atoms with Crippen LogP contribution in [0.2, 0.25) is 0 Å². The molecule has 0 radical (unpaired) electrons. The number of fused-ring (bicyclic) bond motifs is 1. The molecule has 238 valence electrons.